The van der Waals surface area contributed by atoms with E-state index in [1.165, 1.54) is 0 Å². The number of rotatable bonds is 5. The fourth-order valence-corrected chi connectivity index (χ4v) is 6.31. The summed E-state index contributed by atoms with van der Waals surface area (Å²) < 4.78 is 67.3. The van der Waals surface area contributed by atoms with Crippen molar-refractivity contribution < 1.29 is 21.6 Å². The fourth-order valence-electron chi connectivity index (χ4n) is 4.06. The van der Waals surface area contributed by atoms with Crippen LogP contribution < -0.4 is 0 Å². The van der Waals surface area contributed by atoms with E-state index in [0.29, 0.717) is 48.1 Å². The smallest absolute Gasteiger partial charge is 0.181 e. The highest BCUT2D eigenvalue weighted by Crippen LogP contribution is 2.32. The van der Waals surface area contributed by atoms with Gasteiger partial charge in [0.2, 0.25) is 0 Å². The molecule has 0 radical (unpaired) electrons. The maximum Gasteiger partial charge on any atom is 0.181 e. The topological polar surface area (TPSA) is 37.4 Å². The fraction of sp³-hybridized carbons (Fsp3) is 0.250. The van der Waals surface area contributed by atoms with Crippen LogP contribution in [0, 0.1) is 17.5 Å². The van der Waals surface area contributed by atoms with Crippen LogP contribution in [0.1, 0.15) is 18.4 Å². The third-order valence-electron chi connectivity index (χ3n) is 5.89. The lowest BCUT2D eigenvalue weighted by Crippen LogP contribution is -2.39. The first-order chi connectivity index (χ1) is 15.6. The van der Waals surface area contributed by atoms with Crippen LogP contribution in [0.4, 0.5) is 13.2 Å². The summed E-state index contributed by atoms with van der Waals surface area (Å²) in [4.78, 5) is 1.99. The average Bonchev–Trinajstić information content (AvgIpc) is 2.77. The SMILES string of the molecule is O=S(=O)(c1ccc(-c2ccc(Cl)cc2Cl)cc1)C1CCN(Cc2c(F)cc(F)cc2F)CC1. The second-order valence-electron chi connectivity index (χ2n) is 8.02. The molecule has 0 aliphatic carbocycles. The maximum atomic E-state index is 13.9. The van der Waals surface area contributed by atoms with E-state index in [2.05, 4.69) is 0 Å². The molecule has 4 rings (SSSR count). The predicted octanol–water partition coefficient (Wildman–Crippen LogP) is 6.52. The molecule has 1 aliphatic heterocycles. The number of piperidine rings is 1. The quantitative estimate of drug-likeness (QED) is 0.389. The number of sulfone groups is 1. The zero-order valence-electron chi connectivity index (χ0n) is 17.4. The van der Waals surface area contributed by atoms with E-state index in [1.54, 1.807) is 47.4 Å². The minimum Gasteiger partial charge on any atom is -0.299 e. The first kappa shape index (κ1) is 24.1. The van der Waals surface area contributed by atoms with Gasteiger partial charge in [-0.2, -0.15) is 0 Å². The van der Waals surface area contributed by atoms with Crippen LogP contribution >= 0.6 is 23.2 Å². The minimum absolute atomic E-state index is 0.0404. The van der Waals surface area contributed by atoms with E-state index in [-0.39, 0.29) is 17.0 Å². The number of nitrogens with zero attached hydrogens (tertiary/aromatic N) is 1. The van der Waals surface area contributed by atoms with Gasteiger partial charge in [0.05, 0.1) is 10.1 Å². The van der Waals surface area contributed by atoms with Gasteiger partial charge >= 0.3 is 0 Å². The van der Waals surface area contributed by atoms with Gasteiger partial charge in [0.25, 0.3) is 0 Å². The Kier molecular flexibility index (Phi) is 7.05. The van der Waals surface area contributed by atoms with Crippen LogP contribution in [0.15, 0.2) is 59.5 Å². The van der Waals surface area contributed by atoms with E-state index >= 15 is 0 Å². The van der Waals surface area contributed by atoms with Gasteiger partial charge in [0.1, 0.15) is 17.5 Å². The van der Waals surface area contributed by atoms with Crippen molar-refractivity contribution in [1.29, 1.82) is 0 Å². The summed E-state index contributed by atoms with van der Waals surface area (Å²) in [7, 11) is -3.57. The average molecular weight is 514 g/mol. The molecule has 1 fully saturated rings. The van der Waals surface area contributed by atoms with E-state index in [0.717, 1.165) is 11.1 Å². The minimum atomic E-state index is -3.57. The predicted molar refractivity (Wildman–Crippen MR) is 124 cm³/mol. The Labute approximate surface area is 200 Å². The molecule has 0 amide bonds. The second-order valence-corrected chi connectivity index (χ2v) is 11.1. The Hall–Kier alpha value is -2.06. The van der Waals surface area contributed by atoms with Crippen molar-refractivity contribution in [1.82, 2.24) is 4.90 Å². The van der Waals surface area contributed by atoms with Crippen LogP contribution in [0.3, 0.4) is 0 Å². The Bertz CT molecular complexity index is 1250. The molecule has 3 aromatic rings. The highest BCUT2D eigenvalue weighted by molar-refractivity contribution is 7.92. The van der Waals surface area contributed by atoms with Crippen LogP contribution in [-0.4, -0.2) is 31.7 Å². The first-order valence-corrected chi connectivity index (χ1v) is 12.6. The van der Waals surface area contributed by atoms with Crippen molar-refractivity contribution in [2.24, 2.45) is 0 Å². The summed E-state index contributed by atoms with van der Waals surface area (Å²) in [5.41, 5.74) is 1.31. The molecule has 1 aliphatic rings. The van der Waals surface area contributed by atoms with Crippen molar-refractivity contribution in [2.45, 2.75) is 29.5 Å². The van der Waals surface area contributed by atoms with Gasteiger partial charge in [-0.15, -0.1) is 0 Å². The van der Waals surface area contributed by atoms with E-state index in [1.807, 2.05) is 0 Å². The van der Waals surface area contributed by atoms with Gasteiger partial charge in [-0.05, 0) is 55.8 Å². The molecule has 33 heavy (non-hydrogen) atoms. The van der Waals surface area contributed by atoms with Gasteiger partial charge in [-0.1, -0.05) is 41.4 Å². The highest BCUT2D eigenvalue weighted by Gasteiger charge is 2.32. The van der Waals surface area contributed by atoms with Crippen LogP contribution in [0.5, 0.6) is 0 Å². The second kappa shape index (κ2) is 9.66. The third-order valence-corrected chi connectivity index (χ3v) is 8.71. The number of benzene rings is 3. The molecule has 0 N–H and O–H groups in total. The molecule has 9 heteroatoms. The van der Waals surface area contributed by atoms with Crippen LogP contribution in [-0.2, 0) is 16.4 Å². The summed E-state index contributed by atoms with van der Waals surface area (Å²) >= 11 is 12.2. The Morgan fingerprint density at radius 2 is 1.48 bits per heavy atom. The van der Waals surface area contributed by atoms with Gasteiger partial charge in [0.15, 0.2) is 9.84 Å². The van der Waals surface area contributed by atoms with E-state index < -0.39 is 32.5 Å². The zero-order chi connectivity index (χ0) is 23.8. The van der Waals surface area contributed by atoms with Crippen molar-refractivity contribution in [3.05, 3.63) is 87.7 Å². The van der Waals surface area contributed by atoms with Gasteiger partial charge in [-0.25, -0.2) is 21.6 Å². The summed E-state index contributed by atoms with van der Waals surface area (Å²) in [6.07, 6.45) is 0.662. The number of likely N-dealkylation sites (tertiary alicyclic amines) is 1. The highest BCUT2D eigenvalue weighted by atomic mass is 35.5. The van der Waals surface area contributed by atoms with Crippen molar-refractivity contribution >= 4 is 33.0 Å². The maximum absolute atomic E-state index is 13.9. The van der Waals surface area contributed by atoms with Crippen molar-refractivity contribution in [3.8, 4) is 11.1 Å². The molecule has 174 valence electrons. The molecule has 0 spiro atoms. The molecule has 1 saturated heterocycles. The number of halogens is 5. The lowest BCUT2D eigenvalue weighted by Gasteiger charge is -2.31. The van der Waals surface area contributed by atoms with E-state index in [9.17, 15) is 21.6 Å². The molecule has 0 aromatic heterocycles. The summed E-state index contributed by atoms with van der Waals surface area (Å²) in [6.45, 7) is 0.679. The lowest BCUT2D eigenvalue weighted by molar-refractivity contribution is 0.216. The lowest BCUT2D eigenvalue weighted by atomic mass is 10.1. The Balaban J connectivity index is 1.44. The van der Waals surface area contributed by atoms with Crippen LogP contribution in [0.2, 0.25) is 10.0 Å². The summed E-state index contributed by atoms with van der Waals surface area (Å²) in [6, 6.07) is 12.9. The molecule has 3 aromatic carbocycles. The van der Waals surface area contributed by atoms with Gasteiger partial charge in [-0.3, -0.25) is 4.90 Å². The Morgan fingerprint density at radius 3 is 2.06 bits per heavy atom. The summed E-state index contributed by atoms with van der Waals surface area (Å²) in [5.74, 6) is -2.85. The van der Waals surface area contributed by atoms with Crippen molar-refractivity contribution in [2.75, 3.05) is 13.1 Å². The largest absolute Gasteiger partial charge is 0.299 e. The third kappa shape index (κ3) is 5.22. The van der Waals surface area contributed by atoms with E-state index in [4.69, 9.17) is 23.2 Å². The number of hydrogen-bond acceptors (Lipinski definition) is 3. The molecule has 0 atom stereocenters. The molecule has 0 unspecified atom stereocenters. The monoisotopic (exact) mass is 513 g/mol. The molecule has 1 heterocycles. The summed E-state index contributed by atoms with van der Waals surface area (Å²) in [5, 5.41) is 0.389. The van der Waals surface area contributed by atoms with Gasteiger partial charge in [0, 0.05) is 39.8 Å². The zero-order valence-corrected chi connectivity index (χ0v) is 19.7. The molecular weight excluding hydrogens is 494 g/mol. The normalized spacial score (nSPS) is 15.7. The number of hydrogen-bond donors (Lipinski definition) is 0. The first-order valence-electron chi connectivity index (χ1n) is 10.3. The molecule has 0 bridgehead atoms. The van der Waals surface area contributed by atoms with Gasteiger partial charge < -0.3 is 0 Å². The van der Waals surface area contributed by atoms with Crippen molar-refractivity contribution in [3.63, 3.8) is 0 Å². The Morgan fingerprint density at radius 1 is 0.879 bits per heavy atom. The molecular formula is C24H20Cl2F3NO2S. The molecule has 3 nitrogen and oxygen atoms in total. The molecule has 0 saturated carbocycles. The van der Waals surface area contributed by atoms with Crippen LogP contribution in [0.25, 0.3) is 11.1 Å². The standard InChI is InChI=1S/C24H20Cl2F3NO2S/c25-16-3-6-20(22(26)11-16)15-1-4-18(5-2-15)33(31,32)19-7-9-30(10-8-19)14-21-23(28)12-17(27)13-24(21)29/h1-6,11-13,19H,7-10,14H2.